The van der Waals surface area contributed by atoms with E-state index in [1.165, 1.54) is 11.8 Å². The van der Waals surface area contributed by atoms with Crippen molar-refractivity contribution in [2.24, 2.45) is 0 Å². The molecule has 0 heterocycles. The Labute approximate surface area is 105 Å². The van der Waals surface area contributed by atoms with Crippen LogP contribution in [0.3, 0.4) is 0 Å². The number of benzene rings is 2. The van der Waals surface area contributed by atoms with Crippen LogP contribution in [-0.4, -0.2) is 10.2 Å². The third-order valence-electron chi connectivity index (χ3n) is 2.56. The molecule has 0 aromatic heterocycles. The maximum absolute atomic E-state index is 9.69. The van der Waals surface area contributed by atoms with Crippen molar-refractivity contribution in [3.05, 3.63) is 47.5 Å². The van der Waals surface area contributed by atoms with Crippen LogP contribution < -0.4 is 0 Å². The Hall–Kier alpha value is -1.61. The Kier molecular flexibility index (Phi) is 3.29. The SMILES string of the molecule is Cc1cc(Sc2ccccc2O)cc(C)c1O. The van der Waals surface area contributed by atoms with E-state index in [9.17, 15) is 10.2 Å². The largest absolute Gasteiger partial charge is 0.507 e. The van der Waals surface area contributed by atoms with E-state index in [1.807, 2.05) is 38.1 Å². The quantitative estimate of drug-likeness (QED) is 0.845. The van der Waals surface area contributed by atoms with Gasteiger partial charge in [0.25, 0.3) is 0 Å². The third kappa shape index (κ3) is 2.56. The molecule has 0 saturated heterocycles. The minimum Gasteiger partial charge on any atom is -0.507 e. The fourth-order valence-corrected chi connectivity index (χ4v) is 2.69. The lowest BCUT2D eigenvalue weighted by Gasteiger charge is -2.08. The van der Waals surface area contributed by atoms with Crippen LogP contribution in [0.1, 0.15) is 11.1 Å². The molecule has 0 atom stereocenters. The van der Waals surface area contributed by atoms with Crippen molar-refractivity contribution in [1.82, 2.24) is 0 Å². The topological polar surface area (TPSA) is 40.5 Å². The smallest absolute Gasteiger partial charge is 0.129 e. The summed E-state index contributed by atoms with van der Waals surface area (Å²) < 4.78 is 0. The zero-order chi connectivity index (χ0) is 12.4. The van der Waals surface area contributed by atoms with Gasteiger partial charge in [-0.15, -0.1) is 0 Å². The van der Waals surface area contributed by atoms with Gasteiger partial charge in [0.1, 0.15) is 11.5 Å². The maximum atomic E-state index is 9.69. The van der Waals surface area contributed by atoms with Crippen LogP contribution in [0.4, 0.5) is 0 Å². The summed E-state index contributed by atoms with van der Waals surface area (Å²) in [7, 11) is 0. The molecule has 0 fully saturated rings. The molecule has 0 spiro atoms. The van der Waals surface area contributed by atoms with Crippen LogP contribution in [0.25, 0.3) is 0 Å². The van der Waals surface area contributed by atoms with Crippen LogP contribution in [0, 0.1) is 13.8 Å². The average Bonchev–Trinajstić information content (AvgIpc) is 2.29. The van der Waals surface area contributed by atoms with Gasteiger partial charge in [0, 0.05) is 4.90 Å². The normalized spacial score (nSPS) is 10.5. The fourth-order valence-electron chi connectivity index (χ4n) is 1.65. The maximum Gasteiger partial charge on any atom is 0.129 e. The summed E-state index contributed by atoms with van der Waals surface area (Å²) in [6, 6.07) is 11.1. The summed E-state index contributed by atoms with van der Waals surface area (Å²) in [5.74, 6) is 0.618. The van der Waals surface area contributed by atoms with Gasteiger partial charge in [-0.05, 0) is 49.2 Å². The van der Waals surface area contributed by atoms with Crippen molar-refractivity contribution < 1.29 is 10.2 Å². The molecule has 88 valence electrons. The summed E-state index contributed by atoms with van der Waals surface area (Å²) in [4.78, 5) is 1.83. The van der Waals surface area contributed by atoms with Crippen LogP contribution in [0.5, 0.6) is 11.5 Å². The minimum absolute atomic E-state index is 0.279. The van der Waals surface area contributed by atoms with Crippen molar-refractivity contribution in [2.75, 3.05) is 0 Å². The molecular weight excluding hydrogens is 232 g/mol. The molecule has 2 rings (SSSR count). The second-order valence-corrected chi connectivity index (χ2v) is 5.09. The van der Waals surface area contributed by atoms with Crippen LogP contribution >= 0.6 is 11.8 Å². The van der Waals surface area contributed by atoms with Gasteiger partial charge in [-0.3, -0.25) is 0 Å². The van der Waals surface area contributed by atoms with Crippen LogP contribution in [-0.2, 0) is 0 Å². The number of phenols is 2. The predicted molar refractivity (Wildman–Crippen MR) is 69.8 cm³/mol. The highest BCUT2D eigenvalue weighted by Crippen LogP contribution is 2.36. The van der Waals surface area contributed by atoms with Gasteiger partial charge in [0.2, 0.25) is 0 Å². The van der Waals surface area contributed by atoms with Crippen LogP contribution in [0.15, 0.2) is 46.2 Å². The lowest BCUT2D eigenvalue weighted by Crippen LogP contribution is -1.83. The molecule has 0 aliphatic rings. The molecule has 2 nitrogen and oxygen atoms in total. The monoisotopic (exact) mass is 246 g/mol. The van der Waals surface area contributed by atoms with E-state index in [0.717, 1.165) is 20.9 Å². The van der Waals surface area contributed by atoms with E-state index >= 15 is 0 Å². The molecule has 0 aliphatic heterocycles. The molecule has 0 aliphatic carbocycles. The first-order chi connectivity index (χ1) is 8.08. The predicted octanol–water partition coefficient (Wildman–Crippen LogP) is 3.87. The molecular formula is C14H14O2S. The van der Waals surface area contributed by atoms with Crippen molar-refractivity contribution in [2.45, 2.75) is 23.6 Å². The second kappa shape index (κ2) is 4.72. The zero-order valence-corrected chi connectivity index (χ0v) is 10.6. The van der Waals surface area contributed by atoms with Crippen molar-refractivity contribution in [3.63, 3.8) is 0 Å². The first kappa shape index (κ1) is 11.9. The summed E-state index contributed by atoms with van der Waals surface area (Å²) in [5.41, 5.74) is 1.70. The number of hydrogen-bond donors (Lipinski definition) is 2. The van der Waals surface area contributed by atoms with Crippen molar-refractivity contribution in [1.29, 1.82) is 0 Å². The molecule has 0 saturated carbocycles. The van der Waals surface area contributed by atoms with E-state index in [2.05, 4.69) is 0 Å². The number of rotatable bonds is 2. The summed E-state index contributed by atoms with van der Waals surface area (Å²) >= 11 is 1.49. The molecule has 3 heteroatoms. The fraction of sp³-hybridized carbons (Fsp3) is 0.143. The first-order valence-corrected chi connectivity index (χ1v) is 6.15. The lowest BCUT2D eigenvalue weighted by atomic mass is 10.1. The highest BCUT2D eigenvalue weighted by Gasteiger charge is 2.06. The highest BCUT2D eigenvalue weighted by molar-refractivity contribution is 7.99. The second-order valence-electron chi connectivity index (χ2n) is 3.98. The van der Waals surface area contributed by atoms with Gasteiger partial charge < -0.3 is 10.2 Å². The molecule has 2 N–H and O–H groups in total. The number of hydrogen-bond acceptors (Lipinski definition) is 3. The Morgan fingerprint density at radius 2 is 1.53 bits per heavy atom. The number of aromatic hydroxyl groups is 2. The first-order valence-electron chi connectivity index (χ1n) is 5.34. The molecule has 0 bridgehead atoms. The Bertz CT molecular complexity index is 527. The van der Waals surface area contributed by atoms with E-state index in [0.29, 0.717) is 5.75 Å². The Morgan fingerprint density at radius 1 is 0.941 bits per heavy atom. The zero-order valence-electron chi connectivity index (χ0n) is 9.77. The van der Waals surface area contributed by atoms with Gasteiger partial charge >= 0.3 is 0 Å². The minimum atomic E-state index is 0.279. The number of aryl methyl sites for hydroxylation is 2. The standard InChI is InChI=1S/C14H14O2S/c1-9-7-11(8-10(2)14(9)16)17-13-6-4-3-5-12(13)15/h3-8,15-16H,1-2H3. The average molecular weight is 246 g/mol. The number of para-hydroxylation sites is 1. The van der Waals surface area contributed by atoms with E-state index < -0.39 is 0 Å². The van der Waals surface area contributed by atoms with E-state index in [4.69, 9.17) is 0 Å². The summed E-state index contributed by atoms with van der Waals surface area (Å²) in [6.45, 7) is 3.74. The molecule has 0 radical (unpaired) electrons. The van der Waals surface area contributed by atoms with Crippen molar-refractivity contribution >= 4 is 11.8 Å². The van der Waals surface area contributed by atoms with E-state index in [-0.39, 0.29) is 5.75 Å². The Morgan fingerprint density at radius 3 is 2.12 bits per heavy atom. The van der Waals surface area contributed by atoms with E-state index in [1.54, 1.807) is 12.1 Å². The van der Waals surface area contributed by atoms with Crippen LogP contribution in [0.2, 0.25) is 0 Å². The number of phenolic OH excluding ortho intramolecular Hbond substituents is 2. The van der Waals surface area contributed by atoms with Gasteiger partial charge in [-0.2, -0.15) is 0 Å². The summed E-state index contributed by atoms with van der Waals surface area (Å²) in [6.07, 6.45) is 0. The molecule has 2 aromatic carbocycles. The van der Waals surface area contributed by atoms with Gasteiger partial charge in [0.15, 0.2) is 0 Å². The highest BCUT2D eigenvalue weighted by atomic mass is 32.2. The van der Waals surface area contributed by atoms with Gasteiger partial charge in [-0.25, -0.2) is 0 Å². The summed E-state index contributed by atoms with van der Waals surface area (Å²) in [5, 5.41) is 19.4. The Balaban J connectivity index is 2.34. The molecule has 0 amide bonds. The lowest BCUT2D eigenvalue weighted by molar-refractivity contribution is 0.462. The third-order valence-corrected chi connectivity index (χ3v) is 3.59. The molecule has 17 heavy (non-hydrogen) atoms. The molecule has 0 unspecified atom stereocenters. The van der Waals surface area contributed by atoms with Gasteiger partial charge in [0.05, 0.1) is 4.90 Å². The molecule has 2 aromatic rings. The van der Waals surface area contributed by atoms with Crippen molar-refractivity contribution in [3.8, 4) is 11.5 Å². The van der Waals surface area contributed by atoms with Gasteiger partial charge in [-0.1, -0.05) is 23.9 Å².